The summed E-state index contributed by atoms with van der Waals surface area (Å²) in [6, 6.07) is 11.6. The van der Waals surface area contributed by atoms with Gasteiger partial charge in [-0.1, -0.05) is 18.2 Å². The van der Waals surface area contributed by atoms with E-state index in [0.717, 1.165) is 23.0 Å². The average Bonchev–Trinajstić information content (AvgIpc) is 3.07. The second-order valence-corrected chi connectivity index (χ2v) is 5.98. The van der Waals surface area contributed by atoms with Crippen LogP contribution in [0.3, 0.4) is 0 Å². The van der Waals surface area contributed by atoms with Gasteiger partial charge >= 0.3 is 6.18 Å². The van der Waals surface area contributed by atoms with Crippen molar-refractivity contribution >= 4 is 33.7 Å². The molecule has 0 saturated carbocycles. The predicted octanol–water partition coefficient (Wildman–Crippen LogP) is 4.27. The van der Waals surface area contributed by atoms with E-state index in [4.69, 9.17) is 0 Å². The molecule has 0 aliphatic carbocycles. The van der Waals surface area contributed by atoms with Crippen molar-refractivity contribution in [1.29, 1.82) is 0 Å². The Morgan fingerprint density at radius 1 is 0.815 bits per heavy atom. The number of halogens is 3. The van der Waals surface area contributed by atoms with Crippen molar-refractivity contribution in [2.45, 2.75) is 6.18 Å². The number of hydrogen-bond acceptors (Lipinski definition) is 4. The zero-order valence-corrected chi connectivity index (χ0v) is 13.6. The van der Waals surface area contributed by atoms with E-state index < -0.39 is 22.6 Å². The lowest BCUT2D eigenvalue weighted by molar-refractivity contribution is -0.137. The third-order valence-corrected chi connectivity index (χ3v) is 4.24. The lowest BCUT2D eigenvalue weighted by Crippen LogP contribution is -2.35. The van der Waals surface area contributed by atoms with Crippen LogP contribution >= 0.6 is 0 Å². The zero-order valence-electron chi connectivity index (χ0n) is 13.6. The van der Waals surface area contributed by atoms with Crippen LogP contribution in [0.15, 0.2) is 64.3 Å². The number of rotatable bonds is 4. The van der Waals surface area contributed by atoms with Crippen LogP contribution in [0, 0.1) is 0 Å². The number of hydrogen-bond donors (Lipinski definition) is 3. The highest BCUT2D eigenvalue weighted by Crippen LogP contribution is 2.32. The van der Waals surface area contributed by atoms with Crippen LogP contribution in [0.5, 0.6) is 0 Å². The minimum atomic E-state index is -4.44. The number of aromatic amines is 1. The normalized spacial score (nSPS) is 11.8. The van der Waals surface area contributed by atoms with Crippen LogP contribution in [0.2, 0.25) is 0 Å². The smallest absolute Gasteiger partial charge is 0.359 e. The van der Waals surface area contributed by atoms with E-state index in [1.54, 1.807) is 6.20 Å². The number of anilines is 4. The van der Waals surface area contributed by atoms with Crippen LogP contribution in [-0.2, 0) is 6.18 Å². The molecule has 0 spiro atoms. The van der Waals surface area contributed by atoms with E-state index in [0.29, 0.717) is 5.69 Å². The van der Waals surface area contributed by atoms with E-state index in [1.807, 2.05) is 24.3 Å². The molecule has 3 aromatic carbocycles. The molecule has 0 bridgehead atoms. The standard InChI is InChI=1S/C19H12F3N3O2/c20-19(21,22)10-5-7-11(8-6-10)24-15-16(18(27)17(15)26)25-14-9-23-13-4-2-1-3-12(13)14/h1-9,23-25H. The molecular weight excluding hydrogens is 359 g/mol. The average molecular weight is 371 g/mol. The van der Waals surface area contributed by atoms with Gasteiger partial charge in [-0.2, -0.15) is 13.2 Å². The molecule has 0 fully saturated rings. The first-order valence-electron chi connectivity index (χ1n) is 7.95. The molecule has 8 heteroatoms. The molecule has 3 N–H and O–H groups in total. The third-order valence-electron chi connectivity index (χ3n) is 4.24. The number of fused-ring (bicyclic) bond motifs is 1. The molecule has 5 nitrogen and oxygen atoms in total. The molecule has 0 aliphatic heterocycles. The van der Waals surface area contributed by atoms with Gasteiger partial charge in [-0.05, 0) is 30.3 Å². The molecule has 0 unspecified atom stereocenters. The molecule has 0 radical (unpaired) electrons. The van der Waals surface area contributed by atoms with E-state index in [9.17, 15) is 22.8 Å². The Hall–Kier alpha value is -3.55. The summed E-state index contributed by atoms with van der Waals surface area (Å²) in [4.78, 5) is 26.9. The van der Waals surface area contributed by atoms with Crippen LogP contribution in [0.1, 0.15) is 5.56 Å². The summed E-state index contributed by atoms with van der Waals surface area (Å²) in [6.07, 6.45) is -2.77. The second kappa shape index (κ2) is 6.01. The molecule has 136 valence electrons. The van der Waals surface area contributed by atoms with Crippen molar-refractivity contribution < 1.29 is 13.2 Å². The van der Waals surface area contributed by atoms with E-state index in [1.165, 1.54) is 12.1 Å². The number of para-hydroxylation sites is 1. The fourth-order valence-corrected chi connectivity index (χ4v) is 2.83. The van der Waals surface area contributed by atoms with Crippen molar-refractivity contribution in [2.24, 2.45) is 0 Å². The van der Waals surface area contributed by atoms with Gasteiger partial charge in [0.05, 0.1) is 11.3 Å². The van der Waals surface area contributed by atoms with E-state index in [2.05, 4.69) is 15.6 Å². The molecular formula is C19H12F3N3O2. The molecule has 0 amide bonds. The molecule has 4 rings (SSSR count). The molecule has 0 saturated heterocycles. The third kappa shape index (κ3) is 2.95. The maximum Gasteiger partial charge on any atom is 0.416 e. The summed E-state index contributed by atoms with van der Waals surface area (Å²) in [6.45, 7) is 0. The fraction of sp³-hybridized carbons (Fsp3) is 0.0526. The van der Waals surface area contributed by atoms with Gasteiger partial charge in [0, 0.05) is 22.8 Å². The topological polar surface area (TPSA) is 74.0 Å². The van der Waals surface area contributed by atoms with E-state index in [-0.39, 0.29) is 17.1 Å². The maximum atomic E-state index is 12.6. The van der Waals surface area contributed by atoms with Gasteiger partial charge in [0.1, 0.15) is 11.4 Å². The fourth-order valence-electron chi connectivity index (χ4n) is 2.83. The predicted molar refractivity (Wildman–Crippen MR) is 97.7 cm³/mol. The van der Waals surface area contributed by atoms with Crippen LogP contribution in [-0.4, -0.2) is 4.98 Å². The summed E-state index contributed by atoms with van der Waals surface area (Å²) >= 11 is 0. The molecule has 4 aromatic rings. The van der Waals surface area contributed by atoms with Gasteiger partial charge in [0.15, 0.2) is 0 Å². The summed E-state index contributed by atoms with van der Waals surface area (Å²) in [7, 11) is 0. The number of alkyl halides is 3. The van der Waals surface area contributed by atoms with Gasteiger partial charge in [-0.25, -0.2) is 0 Å². The van der Waals surface area contributed by atoms with Crippen LogP contribution in [0.4, 0.5) is 35.9 Å². The van der Waals surface area contributed by atoms with Gasteiger partial charge in [-0.3, -0.25) is 9.59 Å². The zero-order chi connectivity index (χ0) is 19.2. The maximum absolute atomic E-state index is 12.6. The summed E-state index contributed by atoms with van der Waals surface area (Å²) < 4.78 is 37.9. The first kappa shape index (κ1) is 16.9. The van der Waals surface area contributed by atoms with Crippen molar-refractivity contribution in [3.8, 4) is 0 Å². The van der Waals surface area contributed by atoms with Crippen LogP contribution < -0.4 is 21.5 Å². The Morgan fingerprint density at radius 3 is 2.11 bits per heavy atom. The summed E-state index contributed by atoms with van der Waals surface area (Å²) in [5.74, 6) is 0. The Labute approximate surface area is 150 Å². The van der Waals surface area contributed by atoms with E-state index >= 15 is 0 Å². The highest BCUT2D eigenvalue weighted by Gasteiger charge is 2.30. The number of H-pyrrole nitrogens is 1. The van der Waals surface area contributed by atoms with Crippen LogP contribution in [0.25, 0.3) is 10.9 Å². The monoisotopic (exact) mass is 371 g/mol. The minimum Gasteiger partial charge on any atom is -0.359 e. The molecule has 1 heterocycles. The number of benzene rings is 2. The van der Waals surface area contributed by atoms with Gasteiger partial charge < -0.3 is 15.6 Å². The lowest BCUT2D eigenvalue weighted by Gasteiger charge is -2.15. The van der Waals surface area contributed by atoms with Crippen molar-refractivity contribution in [3.05, 3.63) is 80.7 Å². The molecule has 27 heavy (non-hydrogen) atoms. The summed E-state index contributed by atoms with van der Waals surface area (Å²) in [5, 5.41) is 6.48. The molecule has 0 atom stereocenters. The van der Waals surface area contributed by atoms with Gasteiger partial charge in [-0.15, -0.1) is 0 Å². The SMILES string of the molecule is O=c1c(Nc2ccc(C(F)(F)F)cc2)c(Nc2c[nH]c3ccccc23)c1=O. The Morgan fingerprint density at radius 2 is 1.44 bits per heavy atom. The first-order valence-corrected chi connectivity index (χ1v) is 7.95. The largest absolute Gasteiger partial charge is 0.416 e. The van der Waals surface area contributed by atoms with Crippen molar-refractivity contribution in [1.82, 2.24) is 4.98 Å². The quantitative estimate of drug-likeness (QED) is 0.469. The molecule has 0 aliphatic rings. The van der Waals surface area contributed by atoms with Gasteiger partial charge in [0.2, 0.25) is 0 Å². The minimum absolute atomic E-state index is 0.0186. The number of aromatic nitrogens is 1. The Kier molecular flexibility index (Phi) is 3.76. The Bertz CT molecular complexity index is 1200. The highest BCUT2D eigenvalue weighted by atomic mass is 19.4. The number of nitrogens with one attached hydrogen (secondary N) is 3. The van der Waals surface area contributed by atoms with Crippen molar-refractivity contribution in [3.63, 3.8) is 0 Å². The van der Waals surface area contributed by atoms with Gasteiger partial charge in [0.25, 0.3) is 10.9 Å². The molecule has 1 aromatic heterocycles. The Balaban J connectivity index is 1.61. The van der Waals surface area contributed by atoms with Crippen molar-refractivity contribution in [2.75, 3.05) is 10.6 Å². The first-order chi connectivity index (χ1) is 12.8. The second-order valence-electron chi connectivity index (χ2n) is 5.98. The highest BCUT2D eigenvalue weighted by molar-refractivity contribution is 5.96. The summed E-state index contributed by atoms with van der Waals surface area (Å²) in [5.41, 5.74) is -0.363. The lowest BCUT2D eigenvalue weighted by atomic mass is 10.1.